The van der Waals surface area contributed by atoms with Crippen LogP contribution in [0.1, 0.15) is 70.2 Å². The first-order valence-electron chi connectivity index (χ1n) is 52.7. The lowest BCUT2D eigenvalue weighted by Crippen LogP contribution is -2.61. The van der Waals surface area contributed by atoms with Gasteiger partial charge in [-0.3, -0.25) is 0 Å². The fourth-order valence-corrected chi connectivity index (χ4v) is 17.0. The average Bonchev–Trinajstić information content (AvgIpc) is 1.62. The highest BCUT2D eigenvalue weighted by Crippen LogP contribution is 2.52. The van der Waals surface area contributed by atoms with Crippen molar-refractivity contribution >= 4 is 144 Å². The molecule has 0 radical (unpaired) electrons. The summed E-state index contributed by atoms with van der Waals surface area (Å²) in [5.74, 6) is 0. The molecule has 0 amide bonds. The van der Waals surface area contributed by atoms with Gasteiger partial charge in [0.1, 0.15) is 0 Å². The van der Waals surface area contributed by atoms with E-state index in [1.54, 1.807) is 60.7 Å². The quantitative estimate of drug-likeness (QED) is 0.128. The largest absolute Gasteiger partial charge is 0.311 e. The second-order valence-corrected chi connectivity index (χ2v) is 29.2. The summed E-state index contributed by atoms with van der Waals surface area (Å²) >= 11 is 0. The molecule has 0 bridgehead atoms. The van der Waals surface area contributed by atoms with Crippen LogP contribution in [0, 0.1) is 0 Å². The van der Waals surface area contributed by atoms with Gasteiger partial charge in [-0.2, -0.15) is 0 Å². The summed E-state index contributed by atoms with van der Waals surface area (Å²) in [5.41, 5.74) is 11.2. The van der Waals surface area contributed by atoms with Crippen LogP contribution in [0.4, 0.5) is 34.1 Å². The minimum Gasteiger partial charge on any atom is -0.311 e. The first-order chi connectivity index (χ1) is 69.0. The molecule has 7 heteroatoms. The Morgan fingerprint density at radius 2 is 0.487 bits per heavy atom. The lowest BCUT2D eigenvalue weighted by Gasteiger charge is -2.46. The summed E-state index contributed by atoms with van der Waals surface area (Å²) in [6.07, 6.45) is 0. The summed E-state index contributed by atoms with van der Waals surface area (Å²) in [6, 6.07) is 42.6. The van der Waals surface area contributed by atoms with Crippen LogP contribution in [-0.2, 0) is 5.41 Å². The first-order valence-corrected chi connectivity index (χ1v) is 36.7. The van der Waals surface area contributed by atoms with Crippen molar-refractivity contribution in [2.45, 2.75) is 26.2 Å². The predicted octanol–water partition coefficient (Wildman–Crippen LogP) is 26.1. The summed E-state index contributed by atoms with van der Waals surface area (Å²) in [5, 5.41) is -0.880. The molecule has 21 aromatic rings. The molecular weight excluding hydrogens is 1370 g/mol. The zero-order valence-corrected chi connectivity index (χ0v) is 60.2. The normalized spacial score (nSPS) is 16.6. The van der Waals surface area contributed by atoms with E-state index in [1.165, 1.54) is 18.3 Å². The van der Waals surface area contributed by atoms with Crippen molar-refractivity contribution in [1.82, 2.24) is 18.3 Å². The molecule has 2 aliphatic heterocycles. The highest BCUT2D eigenvalue weighted by molar-refractivity contribution is 7.00. The van der Waals surface area contributed by atoms with Crippen molar-refractivity contribution < 1.29 is 43.9 Å². The monoisotopic (exact) mass is 1470 g/mol. The number of fused-ring (bicyclic) bond motifs is 16. The van der Waals surface area contributed by atoms with Crippen molar-refractivity contribution in [2.24, 2.45) is 0 Å². The van der Waals surface area contributed by atoms with Crippen LogP contribution < -0.4 is 26.2 Å². The van der Waals surface area contributed by atoms with Crippen molar-refractivity contribution in [3.05, 3.63) is 393 Å². The van der Waals surface area contributed by atoms with Crippen molar-refractivity contribution in [2.75, 3.05) is 9.80 Å². The van der Waals surface area contributed by atoms with Crippen LogP contribution in [0.15, 0.2) is 387 Å². The predicted molar refractivity (Wildman–Crippen MR) is 478 cm³/mol. The summed E-state index contributed by atoms with van der Waals surface area (Å²) in [6.45, 7) is 5.34. The third-order valence-electron chi connectivity index (χ3n) is 22.2. The minimum atomic E-state index is -0.864. The maximum atomic E-state index is 9.80. The van der Waals surface area contributed by atoms with Gasteiger partial charge in [-0.25, -0.2) is 0 Å². The lowest BCUT2D eigenvalue weighted by atomic mass is 9.33. The molecule has 0 saturated heterocycles. The number of anilines is 6. The Morgan fingerprint density at radius 1 is 0.239 bits per heavy atom. The van der Waals surface area contributed by atoms with E-state index in [0.29, 0.717) is 101 Å². The highest BCUT2D eigenvalue weighted by atomic mass is 15.2. The highest BCUT2D eigenvalue weighted by Gasteiger charge is 2.45. The molecule has 530 valence electrons. The van der Waals surface area contributed by atoms with Crippen molar-refractivity contribution in [3.63, 3.8) is 0 Å². The zero-order chi connectivity index (χ0) is 103. The first kappa shape index (κ1) is 40.3. The van der Waals surface area contributed by atoms with Crippen LogP contribution in [0.5, 0.6) is 0 Å². The third-order valence-corrected chi connectivity index (χ3v) is 22.2. The topological polar surface area (TPSA) is 26.2 Å². The number of benzene rings is 17. The summed E-state index contributed by atoms with van der Waals surface area (Å²) in [7, 11) is 0. The molecule has 6 nitrogen and oxygen atoms in total. The molecule has 4 aromatic heterocycles. The number of aromatic nitrogens is 4. The molecule has 0 spiro atoms. The molecule has 6 heterocycles. The van der Waals surface area contributed by atoms with Crippen LogP contribution in [0.3, 0.4) is 0 Å². The van der Waals surface area contributed by atoms with Gasteiger partial charge in [-0.1, -0.05) is 287 Å². The Balaban J connectivity index is 0.752. The molecule has 2 aliphatic rings. The van der Waals surface area contributed by atoms with Gasteiger partial charge in [0.05, 0.1) is 99.4 Å². The van der Waals surface area contributed by atoms with Gasteiger partial charge in [-0.15, -0.1) is 0 Å². The SMILES string of the molecule is [2H]c1c([2H])c([2H])c2c(c1[2H])c1c([2H])c([2H])c([2H])c([2H])c1n2-c1ccc(-c2ccc(-c3ccccc3N3c4cc(-n5c6c([2H])c([2H])c([2H])c([2H])c6c6c([2H])c([2H])c([2H])c([2H])c65)ccc4B4c5ccc(-n6c7c([2H])c([2H])c([2H])c([2H])c7c7c([2H])c([2H])c([2H])c([2H])c76)cc5N(c5ccccc5-c5ccc(-c6ccc(-n7c8c([2H])c([2H])c([2H])c([2H])c8c8c([2H])c([2H])c([2H])c([2H])c87)cc6)cc5)c5cc(C(C)(C)C)cc3c54)cc2)cc1. The molecule has 17 aromatic carbocycles. The van der Waals surface area contributed by atoms with E-state index in [0.717, 1.165) is 11.0 Å². The van der Waals surface area contributed by atoms with Crippen LogP contribution in [-0.4, -0.2) is 25.0 Å². The zero-order valence-electron chi connectivity index (χ0n) is 92.2. The van der Waals surface area contributed by atoms with Gasteiger partial charge in [-0.05, 0) is 182 Å². The van der Waals surface area contributed by atoms with Crippen molar-refractivity contribution in [3.8, 4) is 67.3 Å². The number of nitrogens with zero attached hydrogens (tertiary/aromatic N) is 6. The average molecular weight is 1470 g/mol. The molecule has 0 atom stereocenters. The molecule has 0 aliphatic carbocycles. The second-order valence-electron chi connectivity index (χ2n) is 29.2. The van der Waals surface area contributed by atoms with E-state index in [9.17, 15) is 21.9 Å². The fraction of sp³-hybridized carbons (Fsp3) is 0.0377. The van der Waals surface area contributed by atoms with Crippen LogP contribution in [0.25, 0.3) is 154 Å². The van der Waals surface area contributed by atoms with Gasteiger partial charge >= 0.3 is 0 Å². The third kappa shape index (κ3) is 9.94. The van der Waals surface area contributed by atoms with E-state index in [4.69, 9.17) is 21.9 Å². The molecule has 0 fully saturated rings. The maximum Gasteiger partial charge on any atom is 0.252 e. The van der Waals surface area contributed by atoms with E-state index in [1.807, 2.05) is 121 Å². The van der Waals surface area contributed by atoms with Crippen LogP contribution in [0.2, 0.25) is 0 Å². The van der Waals surface area contributed by atoms with E-state index in [2.05, 4.69) is 42.7 Å². The maximum absolute atomic E-state index is 9.80. The fourth-order valence-electron chi connectivity index (χ4n) is 17.0. The van der Waals surface area contributed by atoms with E-state index in [-0.39, 0.29) is 98.6 Å². The Morgan fingerprint density at radius 3 is 0.779 bits per heavy atom. The Bertz CT molecular complexity index is 8680. The lowest BCUT2D eigenvalue weighted by molar-refractivity contribution is 0.590. The number of hydrogen-bond donors (Lipinski definition) is 0. The van der Waals surface area contributed by atoms with Crippen molar-refractivity contribution in [1.29, 1.82) is 0 Å². The van der Waals surface area contributed by atoms with E-state index >= 15 is 0 Å². The standard InChI is InChI=1S/C106H73BN6/c1-106(2,3)74-64-103-105-104(65-74)113(92-35-15-5-25-80(92)73-50-46-69(47-51-73)71-54-58-76(59-55-71)109-95-38-18-8-28-83(95)84-29-9-19-39-96(84)109)102-67-78(111-99-42-22-12-32-87(99)88-33-13-23-43-100(88)111)61-63-90(102)107(105)89-62-60-77(110-97-40-20-10-30-85(97)86-31-11-21-41-98(86)110)66-101(89)112(103)91-34-14-4-24-79(91)72-48-44-68(45-49-72)70-52-56-75(57-53-70)108-93-36-16-6-26-81(93)82-27-7-17-37-94(82)108/h4-67H,1-3H3/i6D,7D,8D,9D,10D,11D,12D,13D,16D,17D,18D,19D,20D,21D,22D,23D,26D,27D,28D,29D,30D,31D,32D,33D,36D,37D,38D,39D,40D,41D,42D,43D. The molecule has 23 rings (SSSR count). The summed E-state index contributed by atoms with van der Waals surface area (Å²) in [4.78, 5) is 4.25. The van der Waals surface area contributed by atoms with Crippen LogP contribution >= 0.6 is 0 Å². The summed E-state index contributed by atoms with van der Waals surface area (Å²) < 4.78 is 299. The van der Waals surface area contributed by atoms with Gasteiger partial charge < -0.3 is 28.1 Å². The number of hydrogen-bond acceptors (Lipinski definition) is 2. The molecule has 0 unspecified atom stereocenters. The van der Waals surface area contributed by atoms with Gasteiger partial charge in [0.2, 0.25) is 0 Å². The molecule has 0 saturated carbocycles. The molecule has 0 N–H and O–H groups in total. The molecular formula is C106H73BN6. The second kappa shape index (κ2) is 25.1. The number of rotatable bonds is 10. The van der Waals surface area contributed by atoms with Gasteiger partial charge in [0.25, 0.3) is 6.71 Å². The smallest absolute Gasteiger partial charge is 0.252 e. The minimum absolute atomic E-state index is 0.0369. The van der Waals surface area contributed by atoms with Gasteiger partial charge in [0, 0.05) is 99.7 Å². The number of para-hydroxylation sites is 10. The Labute approximate surface area is 700 Å². The van der Waals surface area contributed by atoms with E-state index < -0.39 is 205 Å². The molecule has 113 heavy (non-hydrogen) atoms. The Hall–Kier alpha value is -14.4. The van der Waals surface area contributed by atoms with Gasteiger partial charge in [0.15, 0.2) is 0 Å². The Kier molecular flexibility index (Phi) is 8.95.